The summed E-state index contributed by atoms with van der Waals surface area (Å²) in [7, 11) is 0. The van der Waals surface area contributed by atoms with E-state index in [1.54, 1.807) is 23.6 Å². The van der Waals surface area contributed by atoms with Crippen molar-refractivity contribution >= 4 is 47.2 Å². The van der Waals surface area contributed by atoms with Crippen LogP contribution in [0.1, 0.15) is 19.8 Å². The van der Waals surface area contributed by atoms with E-state index < -0.39 is 6.10 Å². The van der Waals surface area contributed by atoms with Crippen LogP contribution in [0.4, 0.5) is 0 Å². The van der Waals surface area contributed by atoms with Gasteiger partial charge in [0.05, 0.1) is 12.0 Å². The number of fused-ring (bicyclic) bond motifs is 1. The summed E-state index contributed by atoms with van der Waals surface area (Å²) in [6.07, 6.45) is 3.56. The smallest absolute Gasteiger partial charge is 0.236 e. The van der Waals surface area contributed by atoms with E-state index in [1.807, 2.05) is 6.20 Å². The van der Waals surface area contributed by atoms with E-state index in [9.17, 15) is 9.90 Å². The first-order chi connectivity index (χ1) is 8.16. The van der Waals surface area contributed by atoms with Crippen molar-refractivity contribution in [3.8, 4) is 0 Å². The molecule has 18 heavy (non-hydrogen) atoms. The molecule has 0 aliphatic carbocycles. The van der Waals surface area contributed by atoms with Crippen molar-refractivity contribution in [1.29, 1.82) is 0 Å². The number of thioether (sulfide) groups is 1. The number of carbonyl (C=O) groups is 1. The zero-order chi connectivity index (χ0) is 12.0. The predicted octanol–water partition coefficient (Wildman–Crippen LogP) is 0.786. The van der Waals surface area contributed by atoms with Crippen molar-refractivity contribution in [3.05, 3.63) is 11.1 Å². The molecule has 1 amide bonds. The largest absolute Gasteiger partial charge is 0.392 e. The van der Waals surface area contributed by atoms with Crippen LogP contribution in [-0.2, 0) is 9.53 Å². The van der Waals surface area contributed by atoms with E-state index in [0.717, 1.165) is 26.1 Å². The molecule has 4 atom stereocenters. The number of carbonyl (C=O) groups excluding carboxylic acids is 1. The van der Waals surface area contributed by atoms with Crippen LogP contribution in [0.2, 0.25) is 0 Å². The summed E-state index contributed by atoms with van der Waals surface area (Å²) >= 11 is 1.74. The Bertz CT molecular complexity index is 368. The Morgan fingerprint density at radius 2 is 2.44 bits per heavy atom. The average molecular weight is 278 g/mol. The van der Waals surface area contributed by atoms with Crippen LogP contribution in [0, 0.1) is 11.8 Å². The number of hydrogen-bond acceptors (Lipinski definition) is 4. The quantitative estimate of drug-likeness (QED) is 0.612. The van der Waals surface area contributed by atoms with Crippen LogP contribution in [-0.4, -0.2) is 70.2 Å². The molecule has 1 N–H and O–H groups in total. The van der Waals surface area contributed by atoms with Crippen molar-refractivity contribution in [2.75, 3.05) is 13.2 Å². The molecular weight excluding hydrogens is 261 g/mol. The number of nitrogens with zero attached hydrogens (tertiary/aromatic N) is 1. The topological polar surface area (TPSA) is 49.8 Å². The molecule has 0 saturated carbocycles. The minimum atomic E-state index is -0.543. The van der Waals surface area contributed by atoms with Crippen LogP contribution >= 0.6 is 11.8 Å². The van der Waals surface area contributed by atoms with Crippen LogP contribution in [0.15, 0.2) is 11.1 Å². The number of β-lactam (4-membered cyclic amide) rings is 1. The molecule has 95 valence electrons. The fourth-order valence-corrected chi connectivity index (χ4v) is 4.28. The number of aliphatic hydroxyl groups excluding tert-OH is 1. The van der Waals surface area contributed by atoms with Crippen LogP contribution in [0.5, 0.6) is 0 Å². The molecule has 2 fully saturated rings. The molecule has 1 radical (unpaired) electrons. The maximum absolute atomic E-state index is 11.8. The van der Waals surface area contributed by atoms with Gasteiger partial charge in [-0.3, -0.25) is 4.79 Å². The van der Waals surface area contributed by atoms with E-state index in [0.29, 0.717) is 5.92 Å². The van der Waals surface area contributed by atoms with E-state index in [4.69, 9.17) is 4.74 Å². The minimum Gasteiger partial charge on any atom is -0.392 e. The Kier molecular flexibility index (Phi) is 4.84. The van der Waals surface area contributed by atoms with Crippen molar-refractivity contribution in [1.82, 2.24) is 4.90 Å². The van der Waals surface area contributed by atoms with Gasteiger partial charge in [-0.15, -0.1) is 11.8 Å². The predicted molar refractivity (Wildman–Crippen MR) is 70.8 cm³/mol. The average Bonchev–Trinajstić information content (AvgIpc) is 2.87. The molecule has 6 heteroatoms. The number of hydrogen-bond donors (Lipinski definition) is 1. The molecular formula is C12H17NNaO3S. The van der Waals surface area contributed by atoms with Gasteiger partial charge in [0.15, 0.2) is 0 Å². The van der Waals surface area contributed by atoms with Crippen LogP contribution in [0.25, 0.3) is 0 Å². The zero-order valence-corrected chi connectivity index (χ0v) is 13.7. The van der Waals surface area contributed by atoms with Crippen LogP contribution in [0.3, 0.4) is 0 Å². The zero-order valence-electron chi connectivity index (χ0n) is 10.8. The second-order valence-electron chi connectivity index (χ2n) is 5.05. The van der Waals surface area contributed by atoms with E-state index in [1.165, 1.54) is 4.91 Å². The van der Waals surface area contributed by atoms with E-state index >= 15 is 0 Å². The number of allylic oxidation sites excluding steroid dienone is 1. The van der Waals surface area contributed by atoms with Gasteiger partial charge in [-0.05, 0) is 25.7 Å². The Hall–Kier alpha value is 0.480. The molecule has 0 spiro atoms. The molecule has 0 aromatic carbocycles. The molecule has 3 aliphatic rings. The normalized spacial score (nSPS) is 35.7. The molecule has 0 aromatic rings. The Morgan fingerprint density at radius 3 is 3.06 bits per heavy atom. The Balaban J connectivity index is 0.00000120. The Labute approximate surface area is 133 Å². The van der Waals surface area contributed by atoms with E-state index in [2.05, 4.69) is 0 Å². The van der Waals surface area contributed by atoms with Crippen molar-refractivity contribution < 1.29 is 14.6 Å². The number of amides is 1. The first-order valence-electron chi connectivity index (χ1n) is 6.12. The molecule has 3 aliphatic heterocycles. The SMILES string of the molecule is C[C@@H](O)[C@H]1C(=O)N2C=C(CC3CCOC3)S[C@H]12.[Na]. The number of rotatable bonds is 3. The minimum absolute atomic E-state index is 0. The van der Waals surface area contributed by atoms with Gasteiger partial charge in [0.2, 0.25) is 5.91 Å². The standard InChI is InChI=1S/C12H17NO3S.Na/c1-7(14)10-11(15)13-5-9(17-12(10)13)4-8-2-3-16-6-8;/h5,7-8,10,12,14H,2-4,6H2,1H3;/t7-,8?,10+,12-;/m1./s1. The summed E-state index contributed by atoms with van der Waals surface area (Å²) in [4.78, 5) is 14.8. The van der Waals surface area contributed by atoms with Crippen molar-refractivity contribution in [3.63, 3.8) is 0 Å². The van der Waals surface area contributed by atoms with Crippen LogP contribution < -0.4 is 0 Å². The van der Waals surface area contributed by atoms with Gasteiger partial charge in [0.1, 0.15) is 5.37 Å². The van der Waals surface area contributed by atoms with Gasteiger partial charge in [-0.2, -0.15) is 0 Å². The van der Waals surface area contributed by atoms with Gasteiger partial charge < -0.3 is 14.7 Å². The van der Waals surface area contributed by atoms with Gasteiger partial charge in [-0.25, -0.2) is 0 Å². The summed E-state index contributed by atoms with van der Waals surface area (Å²) in [6.45, 7) is 3.41. The summed E-state index contributed by atoms with van der Waals surface area (Å²) in [5.41, 5.74) is 0. The van der Waals surface area contributed by atoms with E-state index in [-0.39, 0.29) is 46.8 Å². The van der Waals surface area contributed by atoms with Gasteiger partial charge in [0, 0.05) is 53.9 Å². The van der Waals surface area contributed by atoms with Gasteiger partial charge in [-0.1, -0.05) is 0 Å². The maximum Gasteiger partial charge on any atom is 0.236 e. The number of aliphatic hydroxyl groups is 1. The molecule has 3 heterocycles. The molecule has 3 rings (SSSR count). The molecule has 0 aromatic heterocycles. The third-order valence-corrected chi connectivity index (χ3v) is 5.05. The first kappa shape index (κ1) is 14.9. The summed E-state index contributed by atoms with van der Waals surface area (Å²) < 4.78 is 5.36. The molecule has 0 bridgehead atoms. The maximum atomic E-state index is 11.8. The van der Waals surface area contributed by atoms with Gasteiger partial charge in [0.25, 0.3) is 0 Å². The second-order valence-corrected chi connectivity index (χ2v) is 6.29. The second kappa shape index (κ2) is 5.85. The Morgan fingerprint density at radius 1 is 1.67 bits per heavy atom. The third-order valence-electron chi connectivity index (χ3n) is 3.71. The summed E-state index contributed by atoms with van der Waals surface area (Å²) in [6, 6.07) is 0. The summed E-state index contributed by atoms with van der Waals surface area (Å²) in [5, 5.41) is 9.69. The number of ether oxygens (including phenoxy) is 1. The molecule has 1 unspecified atom stereocenters. The van der Waals surface area contributed by atoms with Gasteiger partial charge >= 0.3 is 0 Å². The monoisotopic (exact) mass is 278 g/mol. The molecule has 4 nitrogen and oxygen atoms in total. The van der Waals surface area contributed by atoms with Crippen molar-refractivity contribution in [2.24, 2.45) is 11.8 Å². The van der Waals surface area contributed by atoms with Crippen molar-refractivity contribution in [2.45, 2.75) is 31.2 Å². The summed E-state index contributed by atoms with van der Waals surface area (Å²) in [5.74, 6) is 0.455. The molecule has 2 saturated heterocycles. The third kappa shape index (κ3) is 2.53. The fraction of sp³-hybridized carbons (Fsp3) is 0.750. The fourth-order valence-electron chi connectivity index (χ4n) is 2.69. The first-order valence-corrected chi connectivity index (χ1v) is 7.00.